The molecule has 3 heterocycles. The van der Waals surface area contributed by atoms with Crippen LogP contribution in [0.2, 0.25) is 0 Å². The van der Waals surface area contributed by atoms with Crippen molar-refractivity contribution in [3.8, 4) is 0 Å². The zero-order valence-corrected chi connectivity index (χ0v) is 23.0. The third-order valence-electron chi connectivity index (χ3n) is 7.14. The van der Waals surface area contributed by atoms with E-state index in [1.165, 1.54) is 44.9 Å². The molecule has 0 spiro atoms. The first-order valence-corrected chi connectivity index (χ1v) is 14.4. The quantitative estimate of drug-likeness (QED) is 0.128. The number of likely N-dealkylation sites (N-methyl/N-ethyl adjacent to an activating group) is 1. The number of allylic oxidation sites excluding steroid dienone is 4. The molecule has 0 saturated carbocycles. The van der Waals surface area contributed by atoms with Crippen LogP contribution in [-0.2, 0) is 4.74 Å². The highest BCUT2D eigenvalue weighted by atomic mass is 16.5. The highest BCUT2D eigenvalue weighted by molar-refractivity contribution is 6.14. The summed E-state index contributed by atoms with van der Waals surface area (Å²) in [5.41, 5.74) is 1.57. The summed E-state index contributed by atoms with van der Waals surface area (Å²) in [7, 11) is 2.05. The smallest absolute Gasteiger partial charge is 0.342 e. The average molecular weight is 511 g/mol. The zero-order valence-electron chi connectivity index (χ0n) is 23.0. The van der Waals surface area contributed by atoms with E-state index in [0.717, 1.165) is 45.2 Å². The Kier molecular flexibility index (Phi) is 12.7. The first kappa shape index (κ1) is 29.0. The molecule has 1 aliphatic rings. The Labute approximate surface area is 223 Å². The molecule has 1 saturated heterocycles. The number of piperazine rings is 1. The number of hydrogen-bond acceptors (Lipinski definition) is 5. The van der Waals surface area contributed by atoms with Crippen molar-refractivity contribution < 1.29 is 18.7 Å². The Morgan fingerprint density at radius 1 is 0.811 bits per heavy atom. The van der Waals surface area contributed by atoms with Crippen LogP contribution in [0.15, 0.2) is 40.9 Å². The fourth-order valence-electron chi connectivity index (χ4n) is 4.76. The van der Waals surface area contributed by atoms with Crippen LogP contribution in [0.3, 0.4) is 0 Å². The first-order chi connectivity index (χ1) is 18.1. The van der Waals surface area contributed by atoms with E-state index in [1.54, 1.807) is 17.0 Å². The van der Waals surface area contributed by atoms with Crippen molar-refractivity contribution in [2.45, 2.75) is 84.0 Å². The van der Waals surface area contributed by atoms with Gasteiger partial charge < -0.3 is 19.0 Å². The maximum Gasteiger partial charge on any atom is 0.342 e. The number of unbranched alkanes of at least 4 members (excludes halogenated alkanes) is 9. The molecule has 6 heteroatoms. The Balaban J connectivity index is 1.26. The van der Waals surface area contributed by atoms with Gasteiger partial charge in [-0.25, -0.2) is 4.79 Å². The van der Waals surface area contributed by atoms with E-state index in [4.69, 9.17) is 9.15 Å². The third-order valence-corrected chi connectivity index (χ3v) is 7.14. The van der Waals surface area contributed by atoms with Crippen molar-refractivity contribution in [2.75, 3.05) is 39.8 Å². The molecule has 2 aromatic heterocycles. The van der Waals surface area contributed by atoms with Crippen LogP contribution < -0.4 is 0 Å². The highest BCUT2D eigenvalue weighted by Crippen LogP contribution is 2.31. The van der Waals surface area contributed by atoms with Gasteiger partial charge in [0.2, 0.25) is 0 Å². The van der Waals surface area contributed by atoms with Crippen LogP contribution in [0, 0.1) is 0 Å². The monoisotopic (exact) mass is 510 g/mol. The van der Waals surface area contributed by atoms with Crippen molar-refractivity contribution in [1.82, 2.24) is 9.80 Å². The molecule has 2 aromatic rings. The molecule has 37 heavy (non-hydrogen) atoms. The van der Waals surface area contributed by atoms with Gasteiger partial charge in [-0.1, -0.05) is 69.8 Å². The summed E-state index contributed by atoms with van der Waals surface area (Å²) < 4.78 is 11.2. The molecule has 6 nitrogen and oxygen atoms in total. The summed E-state index contributed by atoms with van der Waals surface area (Å²) in [5.74, 6) is -0.586. The molecule has 2 bridgehead atoms. The van der Waals surface area contributed by atoms with Crippen molar-refractivity contribution in [2.24, 2.45) is 0 Å². The molecule has 1 aliphatic heterocycles. The van der Waals surface area contributed by atoms with Gasteiger partial charge in [0.25, 0.3) is 5.91 Å². The summed E-state index contributed by atoms with van der Waals surface area (Å²) in [6.07, 6.45) is 23.2. The zero-order chi connectivity index (χ0) is 26.3. The third kappa shape index (κ3) is 9.33. The van der Waals surface area contributed by atoms with E-state index in [9.17, 15) is 9.59 Å². The summed E-state index contributed by atoms with van der Waals surface area (Å²) in [4.78, 5) is 30.0. The molecular formula is C31H46N2O4. The van der Waals surface area contributed by atoms with E-state index in [-0.39, 0.29) is 5.91 Å². The van der Waals surface area contributed by atoms with E-state index >= 15 is 0 Å². The van der Waals surface area contributed by atoms with Crippen molar-refractivity contribution in [1.29, 1.82) is 0 Å². The number of benzene rings is 1. The Bertz CT molecular complexity index is 985. The molecule has 3 rings (SSSR count). The predicted octanol–water partition coefficient (Wildman–Crippen LogP) is 7.23. The van der Waals surface area contributed by atoms with Gasteiger partial charge in [-0.3, -0.25) is 4.79 Å². The Morgan fingerprint density at radius 2 is 1.41 bits per heavy atom. The van der Waals surface area contributed by atoms with Gasteiger partial charge in [-0.05, 0) is 57.7 Å². The molecular weight excluding hydrogens is 464 g/mol. The number of rotatable bonds is 17. The predicted molar refractivity (Wildman–Crippen MR) is 150 cm³/mol. The van der Waals surface area contributed by atoms with Gasteiger partial charge in [-0.2, -0.15) is 0 Å². The van der Waals surface area contributed by atoms with Gasteiger partial charge in [0, 0.05) is 26.2 Å². The minimum atomic E-state index is -0.450. The maximum atomic E-state index is 13.1. The van der Waals surface area contributed by atoms with Gasteiger partial charge in [0.15, 0.2) is 0 Å². The van der Waals surface area contributed by atoms with Crippen LogP contribution in [0.4, 0.5) is 0 Å². The number of fused-ring (bicyclic) bond motifs is 2. The average Bonchev–Trinajstić information content (AvgIpc) is 3.52. The molecule has 1 amide bonds. The SMILES string of the molecule is CCCCC/C=C/C/C=C/CCCCCCCCOC(=O)c1c(C(=O)N2CCN(C)CC2)c2ccc1o2. The van der Waals surface area contributed by atoms with E-state index in [1.807, 2.05) is 7.05 Å². The standard InChI is InChI=1S/C31H46N2O4/c1-3-4-5-6-7-8-9-10-11-12-13-14-15-16-17-18-25-36-31(35)29-27-20-19-26(37-27)28(29)30(34)33-23-21-32(2)22-24-33/h7-8,10-11,19-20H,3-6,9,12-18,21-25H2,1-2H3/b8-7+,11-10+. The minimum absolute atomic E-state index is 0.136. The van der Waals surface area contributed by atoms with E-state index in [0.29, 0.717) is 42.0 Å². The number of ether oxygens (including phenoxy) is 1. The Hall–Kier alpha value is -2.60. The molecule has 0 unspecified atom stereocenters. The topological polar surface area (TPSA) is 63.0 Å². The van der Waals surface area contributed by atoms with Gasteiger partial charge in [0.1, 0.15) is 22.3 Å². The normalized spacial score (nSPS) is 15.0. The molecule has 0 aromatic carbocycles. The largest absolute Gasteiger partial charge is 0.462 e. The maximum absolute atomic E-state index is 13.1. The second-order valence-electron chi connectivity index (χ2n) is 10.2. The molecule has 0 N–H and O–H groups in total. The number of amides is 1. The molecule has 204 valence electrons. The molecule has 0 radical (unpaired) electrons. The number of furan rings is 2. The summed E-state index contributed by atoms with van der Waals surface area (Å²) in [5, 5.41) is 0. The van der Waals surface area contributed by atoms with Crippen molar-refractivity contribution in [3.05, 3.63) is 47.6 Å². The first-order valence-electron chi connectivity index (χ1n) is 14.4. The van der Waals surface area contributed by atoms with Crippen LogP contribution >= 0.6 is 0 Å². The fraction of sp³-hybridized carbons (Fsp3) is 0.613. The highest BCUT2D eigenvalue weighted by Gasteiger charge is 2.32. The fourth-order valence-corrected chi connectivity index (χ4v) is 4.76. The molecule has 0 aliphatic carbocycles. The lowest BCUT2D eigenvalue weighted by atomic mass is 10.1. The second kappa shape index (κ2) is 16.3. The number of esters is 1. The number of carbonyl (C=O) groups excluding carboxylic acids is 2. The van der Waals surface area contributed by atoms with Crippen LogP contribution in [0.5, 0.6) is 0 Å². The van der Waals surface area contributed by atoms with Crippen LogP contribution in [-0.4, -0.2) is 61.5 Å². The molecule has 1 fully saturated rings. The van der Waals surface area contributed by atoms with Gasteiger partial charge >= 0.3 is 5.97 Å². The number of nitrogens with zero attached hydrogens (tertiary/aromatic N) is 2. The van der Waals surface area contributed by atoms with Crippen LogP contribution in [0.25, 0.3) is 11.2 Å². The lowest BCUT2D eigenvalue weighted by Crippen LogP contribution is -2.47. The van der Waals surface area contributed by atoms with Crippen molar-refractivity contribution in [3.63, 3.8) is 0 Å². The van der Waals surface area contributed by atoms with Crippen molar-refractivity contribution >= 4 is 23.0 Å². The lowest BCUT2D eigenvalue weighted by Gasteiger charge is -2.32. The van der Waals surface area contributed by atoms with E-state index < -0.39 is 5.97 Å². The summed E-state index contributed by atoms with van der Waals surface area (Å²) in [6, 6.07) is 3.51. The van der Waals surface area contributed by atoms with Gasteiger partial charge in [-0.15, -0.1) is 0 Å². The van der Waals surface area contributed by atoms with Crippen LogP contribution in [0.1, 0.15) is 105 Å². The lowest BCUT2D eigenvalue weighted by molar-refractivity contribution is 0.0490. The second-order valence-corrected chi connectivity index (χ2v) is 10.2. The molecule has 0 atom stereocenters. The van der Waals surface area contributed by atoms with Gasteiger partial charge in [0.05, 0.1) is 6.61 Å². The minimum Gasteiger partial charge on any atom is -0.462 e. The summed E-state index contributed by atoms with van der Waals surface area (Å²) >= 11 is 0. The summed E-state index contributed by atoms with van der Waals surface area (Å²) in [6.45, 7) is 5.58. The van der Waals surface area contributed by atoms with E-state index in [2.05, 4.69) is 36.1 Å². The number of hydrogen-bond donors (Lipinski definition) is 0. The number of carbonyl (C=O) groups is 2. The Morgan fingerprint density at radius 3 is 2.08 bits per heavy atom.